The van der Waals surface area contributed by atoms with Gasteiger partial charge in [-0.3, -0.25) is 9.59 Å². The van der Waals surface area contributed by atoms with Crippen molar-refractivity contribution in [2.24, 2.45) is 11.7 Å². The second kappa shape index (κ2) is 10.6. The quantitative estimate of drug-likeness (QED) is 0.505. The highest BCUT2D eigenvalue weighted by Crippen LogP contribution is 2.34. The Kier molecular flexibility index (Phi) is 8.68. The number of likely N-dealkylation sites (N-methyl/N-ethyl adjacent to an activating group) is 1. The molecule has 2 amide bonds. The summed E-state index contributed by atoms with van der Waals surface area (Å²) in [6, 6.07) is 0.000867. The number of hydrogen-bond acceptors (Lipinski definition) is 4. The third-order valence-corrected chi connectivity index (χ3v) is 6.96. The van der Waals surface area contributed by atoms with Gasteiger partial charge in [0.2, 0.25) is 11.8 Å². The zero-order valence-electron chi connectivity index (χ0n) is 18.9. The van der Waals surface area contributed by atoms with E-state index in [0.29, 0.717) is 24.1 Å². The molecule has 2 atom stereocenters. The molecule has 0 spiro atoms. The minimum Gasteiger partial charge on any atom is -0.400 e. The van der Waals surface area contributed by atoms with E-state index in [-0.39, 0.29) is 23.1 Å². The SMILES string of the molecule is C=C1CC(SC(C)C)C(=O)N1CCCCCC(=O)N(C)C(C(N)=C1CC1)C(C)C. The Morgan fingerprint density at radius 1 is 1.24 bits per heavy atom. The topological polar surface area (TPSA) is 66.6 Å². The predicted molar refractivity (Wildman–Crippen MR) is 122 cm³/mol. The highest BCUT2D eigenvalue weighted by molar-refractivity contribution is 8.01. The van der Waals surface area contributed by atoms with Crippen molar-refractivity contribution in [1.82, 2.24) is 9.80 Å². The Bertz CT molecular complexity index is 651. The number of nitrogens with two attached hydrogens (primary N) is 1. The van der Waals surface area contributed by atoms with Crippen molar-refractivity contribution in [2.45, 2.75) is 89.2 Å². The molecule has 6 heteroatoms. The molecule has 29 heavy (non-hydrogen) atoms. The summed E-state index contributed by atoms with van der Waals surface area (Å²) in [5.41, 5.74) is 9.46. The van der Waals surface area contributed by atoms with E-state index in [4.69, 9.17) is 5.73 Å². The molecule has 1 saturated carbocycles. The van der Waals surface area contributed by atoms with E-state index in [1.165, 1.54) is 5.57 Å². The number of allylic oxidation sites excluding steroid dienone is 2. The minimum atomic E-state index is 0.000867. The average molecular weight is 422 g/mol. The lowest BCUT2D eigenvalue weighted by molar-refractivity contribution is -0.132. The van der Waals surface area contributed by atoms with Crippen LogP contribution in [0.15, 0.2) is 23.5 Å². The van der Waals surface area contributed by atoms with Gasteiger partial charge in [0.05, 0.1) is 11.3 Å². The van der Waals surface area contributed by atoms with Gasteiger partial charge in [-0.15, -0.1) is 11.8 Å². The molecule has 164 valence electrons. The van der Waals surface area contributed by atoms with Crippen LogP contribution in [-0.2, 0) is 9.59 Å². The Labute approximate surface area is 181 Å². The van der Waals surface area contributed by atoms with Crippen molar-refractivity contribution in [1.29, 1.82) is 0 Å². The molecule has 2 N–H and O–H groups in total. The maximum absolute atomic E-state index is 12.7. The smallest absolute Gasteiger partial charge is 0.240 e. The summed E-state index contributed by atoms with van der Waals surface area (Å²) in [5, 5.41) is 0.468. The summed E-state index contributed by atoms with van der Waals surface area (Å²) < 4.78 is 0. The second-order valence-corrected chi connectivity index (χ2v) is 10.8. The largest absolute Gasteiger partial charge is 0.400 e. The molecule has 0 radical (unpaired) electrons. The van der Waals surface area contributed by atoms with E-state index >= 15 is 0 Å². The number of nitrogens with zero attached hydrogens (tertiary/aromatic N) is 2. The van der Waals surface area contributed by atoms with E-state index in [0.717, 1.165) is 49.9 Å². The maximum atomic E-state index is 12.7. The van der Waals surface area contributed by atoms with Gasteiger partial charge in [-0.1, -0.05) is 40.7 Å². The normalized spacial score (nSPS) is 20.0. The van der Waals surface area contributed by atoms with Crippen LogP contribution in [-0.4, -0.2) is 51.7 Å². The molecule has 0 bridgehead atoms. The van der Waals surface area contributed by atoms with Gasteiger partial charge in [0.25, 0.3) is 0 Å². The molecule has 2 fully saturated rings. The maximum Gasteiger partial charge on any atom is 0.240 e. The number of likely N-dealkylation sites (tertiary alicyclic amines) is 1. The van der Waals surface area contributed by atoms with E-state index < -0.39 is 0 Å². The summed E-state index contributed by atoms with van der Waals surface area (Å²) in [6.45, 7) is 13.3. The summed E-state index contributed by atoms with van der Waals surface area (Å²) in [6.07, 6.45) is 6.12. The van der Waals surface area contributed by atoms with Gasteiger partial charge in [0.1, 0.15) is 0 Å². The predicted octanol–water partition coefficient (Wildman–Crippen LogP) is 4.29. The van der Waals surface area contributed by atoms with Crippen molar-refractivity contribution >= 4 is 23.6 Å². The molecule has 0 aromatic carbocycles. The molecule has 1 heterocycles. The summed E-state index contributed by atoms with van der Waals surface area (Å²) >= 11 is 1.73. The van der Waals surface area contributed by atoms with E-state index in [9.17, 15) is 9.59 Å². The first-order valence-electron chi connectivity index (χ1n) is 11.0. The summed E-state index contributed by atoms with van der Waals surface area (Å²) in [4.78, 5) is 28.9. The fourth-order valence-electron chi connectivity index (χ4n) is 4.07. The molecule has 1 saturated heterocycles. The molecule has 0 aromatic rings. The van der Waals surface area contributed by atoms with Gasteiger partial charge in [-0.05, 0) is 42.4 Å². The average Bonchev–Trinajstić information content (AvgIpc) is 3.44. The number of unbranched alkanes of at least 4 members (excludes halogenated alkanes) is 2. The van der Waals surface area contributed by atoms with Crippen LogP contribution in [0, 0.1) is 5.92 Å². The zero-order chi connectivity index (χ0) is 21.7. The first-order chi connectivity index (χ1) is 13.6. The van der Waals surface area contributed by atoms with Crippen LogP contribution < -0.4 is 5.73 Å². The lowest BCUT2D eigenvalue weighted by atomic mass is 9.98. The van der Waals surface area contributed by atoms with Crippen LogP contribution in [0.1, 0.15) is 72.6 Å². The van der Waals surface area contributed by atoms with Crippen LogP contribution in [0.4, 0.5) is 0 Å². The molecule has 5 nitrogen and oxygen atoms in total. The van der Waals surface area contributed by atoms with Gasteiger partial charge in [-0.2, -0.15) is 0 Å². The Morgan fingerprint density at radius 2 is 1.90 bits per heavy atom. The van der Waals surface area contributed by atoms with E-state index in [1.54, 1.807) is 11.8 Å². The number of hydrogen-bond donors (Lipinski definition) is 1. The number of rotatable bonds is 11. The monoisotopic (exact) mass is 421 g/mol. The summed E-state index contributed by atoms with van der Waals surface area (Å²) in [5.74, 6) is 0.664. The highest BCUT2D eigenvalue weighted by atomic mass is 32.2. The fourth-order valence-corrected chi connectivity index (χ4v) is 5.26. The number of thioether (sulfide) groups is 1. The van der Waals surface area contributed by atoms with Gasteiger partial charge in [0, 0.05) is 37.8 Å². The van der Waals surface area contributed by atoms with Gasteiger partial charge < -0.3 is 15.5 Å². The van der Waals surface area contributed by atoms with Crippen molar-refractivity contribution < 1.29 is 9.59 Å². The number of carbonyl (C=O) groups is 2. The third kappa shape index (κ3) is 6.53. The molecule has 1 aliphatic carbocycles. The Hall–Kier alpha value is -1.43. The highest BCUT2D eigenvalue weighted by Gasteiger charge is 2.35. The van der Waals surface area contributed by atoms with Crippen LogP contribution in [0.3, 0.4) is 0 Å². The molecule has 2 aliphatic rings. The summed E-state index contributed by atoms with van der Waals surface area (Å²) in [7, 11) is 1.88. The van der Waals surface area contributed by atoms with Crippen molar-refractivity contribution in [2.75, 3.05) is 13.6 Å². The number of carbonyl (C=O) groups excluding carboxylic acids is 2. The zero-order valence-corrected chi connectivity index (χ0v) is 19.7. The molecule has 0 aromatic heterocycles. The van der Waals surface area contributed by atoms with Gasteiger partial charge >= 0.3 is 0 Å². The van der Waals surface area contributed by atoms with Crippen LogP contribution in [0.5, 0.6) is 0 Å². The molecule has 2 unspecified atom stereocenters. The number of amides is 2. The molecule has 1 aliphatic heterocycles. The lowest BCUT2D eigenvalue weighted by Gasteiger charge is -2.32. The lowest BCUT2D eigenvalue weighted by Crippen LogP contribution is -2.43. The van der Waals surface area contributed by atoms with Crippen LogP contribution in [0.2, 0.25) is 0 Å². The second-order valence-electron chi connectivity index (χ2n) is 9.00. The fraction of sp³-hybridized carbons (Fsp3) is 0.739. The van der Waals surface area contributed by atoms with Crippen molar-refractivity contribution in [3.8, 4) is 0 Å². The van der Waals surface area contributed by atoms with Crippen molar-refractivity contribution in [3.63, 3.8) is 0 Å². The standard InChI is InChI=1S/C23H39N3O2S/c1-15(2)22(21(24)18-11-12-18)25(6)20(27)10-8-7-9-13-26-17(5)14-19(23(26)28)29-16(3)4/h15-16,19,22H,5,7-14,24H2,1-4,6H3. The molecular formula is C23H39N3O2S. The third-order valence-electron chi connectivity index (χ3n) is 5.72. The first-order valence-corrected chi connectivity index (χ1v) is 11.9. The van der Waals surface area contributed by atoms with E-state index in [2.05, 4.69) is 34.3 Å². The van der Waals surface area contributed by atoms with Gasteiger partial charge in [-0.25, -0.2) is 0 Å². The first kappa shape index (κ1) is 23.8. The van der Waals surface area contributed by atoms with E-state index in [1.807, 2.05) is 16.8 Å². The van der Waals surface area contributed by atoms with Crippen LogP contribution in [0.25, 0.3) is 0 Å². The van der Waals surface area contributed by atoms with Crippen molar-refractivity contribution in [3.05, 3.63) is 23.5 Å². The minimum absolute atomic E-state index is 0.000867. The van der Waals surface area contributed by atoms with Gasteiger partial charge in [0.15, 0.2) is 0 Å². The Morgan fingerprint density at radius 3 is 2.45 bits per heavy atom. The Balaban J connectivity index is 1.73. The molecular weight excluding hydrogens is 382 g/mol. The molecule has 2 rings (SSSR count). The van der Waals surface area contributed by atoms with Crippen LogP contribution >= 0.6 is 11.8 Å².